The maximum atomic E-state index is 10.9. The predicted molar refractivity (Wildman–Crippen MR) is 73.2 cm³/mol. The van der Waals surface area contributed by atoms with E-state index in [1.807, 2.05) is 26.0 Å². The maximum absolute atomic E-state index is 10.9. The van der Waals surface area contributed by atoms with Crippen LogP contribution in [0.2, 0.25) is 0 Å². The average Bonchev–Trinajstić information content (AvgIpc) is 2.28. The monoisotopic (exact) mass is 274 g/mol. The van der Waals surface area contributed by atoms with E-state index in [2.05, 4.69) is 6.07 Å². The molecule has 1 aromatic rings. The van der Waals surface area contributed by atoms with E-state index in [9.17, 15) is 4.79 Å². The summed E-state index contributed by atoms with van der Waals surface area (Å²) in [6, 6.07) is 6.10. The van der Waals surface area contributed by atoms with Gasteiger partial charge in [0.05, 0.1) is 12.0 Å². The van der Waals surface area contributed by atoms with Gasteiger partial charge >= 0.3 is 35.5 Å². The molecule has 0 spiro atoms. The summed E-state index contributed by atoms with van der Waals surface area (Å²) in [7, 11) is 0. The molecule has 0 bridgehead atoms. The molecular weight excluding hydrogens is 251 g/mol. The van der Waals surface area contributed by atoms with Gasteiger partial charge in [-0.1, -0.05) is 12.1 Å². The number of rotatable bonds is 6. The van der Waals surface area contributed by atoms with Crippen molar-refractivity contribution in [2.45, 2.75) is 40.5 Å². The van der Waals surface area contributed by atoms with Gasteiger partial charge in [-0.2, -0.15) is 0 Å². The molecule has 3 nitrogen and oxygen atoms in total. The predicted octanol–water partition coefficient (Wildman–Crippen LogP) is 0.690. The van der Waals surface area contributed by atoms with Gasteiger partial charge in [-0.05, 0) is 57.7 Å². The second kappa shape index (κ2) is 7.93. The van der Waals surface area contributed by atoms with E-state index in [4.69, 9.17) is 9.84 Å². The molecule has 19 heavy (non-hydrogen) atoms. The fourth-order valence-electron chi connectivity index (χ4n) is 1.67. The summed E-state index contributed by atoms with van der Waals surface area (Å²) in [5.41, 5.74) is 1.60. The number of carboxylic acids is 1. The van der Waals surface area contributed by atoms with Crippen LogP contribution < -0.4 is 34.3 Å². The van der Waals surface area contributed by atoms with Crippen LogP contribution in [0.3, 0.4) is 0 Å². The topological polar surface area (TPSA) is 46.5 Å². The molecule has 0 aliphatic carbocycles. The third kappa shape index (κ3) is 5.98. The van der Waals surface area contributed by atoms with Crippen molar-refractivity contribution in [1.82, 2.24) is 0 Å². The Morgan fingerprint density at radius 3 is 2.58 bits per heavy atom. The SMILES string of the molecule is Cc1ccc(C)c(OCCCC(C)(C)C(=O)O)c1.[H-].[Na+]. The maximum Gasteiger partial charge on any atom is 1.00 e. The first-order valence-corrected chi connectivity index (χ1v) is 6.26. The summed E-state index contributed by atoms with van der Waals surface area (Å²) < 4.78 is 5.70. The van der Waals surface area contributed by atoms with Crippen LogP contribution in [0.15, 0.2) is 18.2 Å². The summed E-state index contributed by atoms with van der Waals surface area (Å²) in [6.45, 7) is 8.08. The Morgan fingerprint density at radius 2 is 2.00 bits per heavy atom. The summed E-state index contributed by atoms with van der Waals surface area (Å²) in [5.74, 6) is 0.136. The zero-order chi connectivity index (χ0) is 13.8. The molecule has 0 unspecified atom stereocenters. The zero-order valence-electron chi connectivity index (χ0n) is 13.6. The minimum Gasteiger partial charge on any atom is -1.00 e. The average molecular weight is 274 g/mol. The molecule has 0 radical (unpaired) electrons. The Balaban J connectivity index is 0. The van der Waals surface area contributed by atoms with E-state index < -0.39 is 11.4 Å². The van der Waals surface area contributed by atoms with Gasteiger partial charge < -0.3 is 11.3 Å². The Hall–Kier alpha value is -0.510. The van der Waals surface area contributed by atoms with Crippen molar-refractivity contribution >= 4 is 5.97 Å². The van der Waals surface area contributed by atoms with Gasteiger partial charge in [-0.3, -0.25) is 4.79 Å². The van der Waals surface area contributed by atoms with Crippen LogP contribution in [0.25, 0.3) is 0 Å². The first-order chi connectivity index (χ1) is 8.33. The van der Waals surface area contributed by atoms with Crippen molar-refractivity contribution in [2.24, 2.45) is 5.41 Å². The van der Waals surface area contributed by atoms with E-state index in [0.29, 0.717) is 13.0 Å². The molecule has 0 saturated carbocycles. The zero-order valence-corrected chi connectivity index (χ0v) is 14.6. The number of benzene rings is 1. The van der Waals surface area contributed by atoms with Crippen LogP contribution in [-0.2, 0) is 4.79 Å². The molecule has 0 aliphatic rings. The van der Waals surface area contributed by atoms with E-state index in [1.54, 1.807) is 13.8 Å². The van der Waals surface area contributed by atoms with E-state index in [0.717, 1.165) is 17.7 Å². The third-order valence-corrected chi connectivity index (χ3v) is 3.13. The minimum absolute atomic E-state index is 0. The van der Waals surface area contributed by atoms with Crippen molar-refractivity contribution in [3.63, 3.8) is 0 Å². The van der Waals surface area contributed by atoms with Gasteiger partial charge in [0.1, 0.15) is 5.75 Å². The second-order valence-electron chi connectivity index (χ2n) is 5.41. The smallest absolute Gasteiger partial charge is 1.00 e. The molecule has 4 heteroatoms. The van der Waals surface area contributed by atoms with Gasteiger partial charge in [0.25, 0.3) is 0 Å². The molecule has 1 rings (SSSR count). The Labute approximate surface area is 139 Å². The fourth-order valence-corrected chi connectivity index (χ4v) is 1.67. The van der Waals surface area contributed by atoms with Crippen LogP contribution in [0.5, 0.6) is 5.75 Å². The first-order valence-electron chi connectivity index (χ1n) is 6.26. The number of hydrogen-bond donors (Lipinski definition) is 1. The normalized spacial score (nSPS) is 10.7. The van der Waals surface area contributed by atoms with Crippen LogP contribution in [-0.4, -0.2) is 17.7 Å². The van der Waals surface area contributed by atoms with Gasteiger partial charge in [0.2, 0.25) is 0 Å². The third-order valence-electron chi connectivity index (χ3n) is 3.13. The number of hydrogen-bond acceptors (Lipinski definition) is 2. The fraction of sp³-hybridized carbons (Fsp3) is 0.533. The van der Waals surface area contributed by atoms with Crippen molar-refractivity contribution < 1.29 is 45.6 Å². The number of aryl methyl sites for hydroxylation is 2. The minimum atomic E-state index is -0.755. The molecule has 0 aliphatic heterocycles. The largest absolute Gasteiger partial charge is 1.00 e. The number of aliphatic carboxylic acids is 1. The van der Waals surface area contributed by atoms with Crippen LogP contribution in [0, 0.1) is 19.3 Å². The molecule has 0 fully saturated rings. The standard InChI is InChI=1S/C15H22O3.Na.H/c1-11-6-7-12(2)13(10-11)18-9-5-8-15(3,4)14(16)17;;/h6-7,10H,5,8-9H2,1-4H3,(H,16,17);;/q;+1;-1. The number of carbonyl (C=O) groups is 1. The molecular formula is C15H23NaO3. The van der Waals surface area contributed by atoms with Crippen LogP contribution in [0.4, 0.5) is 0 Å². The molecule has 0 aromatic heterocycles. The van der Waals surface area contributed by atoms with Crippen molar-refractivity contribution in [3.05, 3.63) is 29.3 Å². The molecule has 0 amide bonds. The van der Waals surface area contributed by atoms with E-state index >= 15 is 0 Å². The molecule has 0 atom stereocenters. The molecule has 1 aromatic carbocycles. The summed E-state index contributed by atoms with van der Waals surface area (Å²) >= 11 is 0. The van der Waals surface area contributed by atoms with E-state index in [-0.39, 0.29) is 31.0 Å². The van der Waals surface area contributed by atoms with Gasteiger partial charge in [-0.15, -0.1) is 0 Å². The van der Waals surface area contributed by atoms with Crippen molar-refractivity contribution in [2.75, 3.05) is 6.61 Å². The molecule has 1 N–H and O–H groups in total. The molecule has 0 saturated heterocycles. The first kappa shape index (κ1) is 18.5. The molecule has 102 valence electrons. The van der Waals surface area contributed by atoms with Gasteiger partial charge in [0.15, 0.2) is 0 Å². The Bertz CT molecular complexity index is 433. The Morgan fingerprint density at radius 1 is 1.37 bits per heavy atom. The summed E-state index contributed by atoms with van der Waals surface area (Å²) in [4.78, 5) is 10.9. The van der Waals surface area contributed by atoms with Gasteiger partial charge in [0, 0.05) is 0 Å². The van der Waals surface area contributed by atoms with E-state index in [1.165, 1.54) is 5.56 Å². The summed E-state index contributed by atoms with van der Waals surface area (Å²) in [5, 5.41) is 9.00. The Kier molecular flexibility index (Phi) is 7.72. The number of carboxylic acid groups (broad SMARTS) is 1. The van der Waals surface area contributed by atoms with Crippen LogP contribution in [0.1, 0.15) is 39.2 Å². The van der Waals surface area contributed by atoms with Gasteiger partial charge in [-0.25, -0.2) is 0 Å². The van der Waals surface area contributed by atoms with Crippen molar-refractivity contribution in [3.8, 4) is 5.75 Å². The molecule has 0 heterocycles. The van der Waals surface area contributed by atoms with Crippen LogP contribution >= 0.6 is 0 Å². The quantitative estimate of drug-likeness (QED) is 0.613. The summed E-state index contributed by atoms with van der Waals surface area (Å²) in [6.07, 6.45) is 1.36. The van der Waals surface area contributed by atoms with Crippen molar-refractivity contribution in [1.29, 1.82) is 0 Å². The second-order valence-corrected chi connectivity index (χ2v) is 5.41. The number of ether oxygens (including phenoxy) is 1.